The highest BCUT2D eigenvalue weighted by Gasteiger charge is 2.28. The molecule has 0 unspecified atom stereocenters. The van der Waals surface area contributed by atoms with E-state index in [-0.39, 0.29) is 22.8 Å². The molecule has 1 aromatic carbocycles. The molecule has 0 saturated carbocycles. The Hall–Kier alpha value is -1.57. The largest absolute Gasteiger partial charge is 0.332 e. The third-order valence-electron chi connectivity index (χ3n) is 5.26. The van der Waals surface area contributed by atoms with Crippen molar-refractivity contribution < 1.29 is 9.69 Å². The zero-order valence-electron chi connectivity index (χ0n) is 16.9. The maximum absolute atomic E-state index is 13.0. The van der Waals surface area contributed by atoms with Gasteiger partial charge in [0.2, 0.25) is 5.91 Å². The molecule has 8 heteroatoms. The predicted octanol–water partition coefficient (Wildman–Crippen LogP) is 1.86. The Morgan fingerprint density at radius 3 is 2.57 bits per heavy atom. The van der Waals surface area contributed by atoms with Gasteiger partial charge in [0.25, 0.3) is 5.56 Å². The minimum Gasteiger partial charge on any atom is -0.332 e. The van der Waals surface area contributed by atoms with Crippen molar-refractivity contribution in [3.63, 3.8) is 0 Å². The molecule has 3 rings (SSSR count). The van der Waals surface area contributed by atoms with Crippen molar-refractivity contribution in [2.24, 2.45) is 0 Å². The number of halogens is 1. The van der Waals surface area contributed by atoms with Crippen LogP contribution in [0.2, 0.25) is 5.02 Å². The average molecular weight is 424 g/mol. The number of fused-ring (bicyclic) bond motifs is 1. The molecule has 0 aliphatic carbocycles. The van der Waals surface area contributed by atoms with Crippen molar-refractivity contribution >= 4 is 40.2 Å². The first kappa shape index (κ1) is 21.1. The summed E-state index contributed by atoms with van der Waals surface area (Å²) in [5.74, 6) is 0.107. The topological polar surface area (TPSA) is 59.6 Å². The van der Waals surface area contributed by atoms with E-state index < -0.39 is 0 Å². The van der Waals surface area contributed by atoms with Crippen LogP contribution < -0.4 is 10.5 Å². The van der Waals surface area contributed by atoms with Crippen molar-refractivity contribution in [1.29, 1.82) is 0 Å². The number of piperazine rings is 1. The standard InChI is InChI=1S/C20H27ClN4O2S/c1-5-23-8-10-24(11-9-23)18(26)14(4)28-20-22-17-12-15(21)6-7-16(17)19(27)25(20)13(2)3/h6-7,12-14H,5,8-11H2,1-4H3/p+1/t14-/m1/s1. The van der Waals surface area contributed by atoms with Gasteiger partial charge < -0.3 is 9.80 Å². The molecule has 1 fully saturated rings. The summed E-state index contributed by atoms with van der Waals surface area (Å²) in [5.41, 5.74) is 0.468. The van der Waals surface area contributed by atoms with Crippen LogP contribution in [0.15, 0.2) is 28.2 Å². The zero-order chi connectivity index (χ0) is 20.4. The number of amides is 1. The highest BCUT2D eigenvalue weighted by Crippen LogP contribution is 2.26. The van der Waals surface area contributed by atoms with Crippen LogP contribution in [0.25, 0.3) is 10.9 Å². The van der Waals surface area contributed by atoms with Gasteiger partial charge in [0.05, 0.1) is 48.9 Å². The van der Waals surface area contributed by atoms with E-state index >= 15 is 0 Å². The molecule has 28 heavy (non-hydrogen) atoms. The van der Waals surface area contributed by atoms with E-state index in [0.717, 1.165) is 32.7 Å². The second-order valence-corrected chi connectivity index (χ2v) is 9.26. The number of carbonyl (C=O) groups excluding carboxylic acids is 1. The van der Waals surface area contributed by atoms with Crippen LogP contribution in [0.3, 0.4) is 0 Å². The molecule has 2 aromatic rings. The number of hydrogen-bond donors (Lipinski definition) is 1. The van der Waals surface area contributed by atoms with Crippen molar-refractivity contribution in [1.82, 2.24) is 14.5 Å². The minimum absolute atomic E-state index is 0.0541. The highest BCUT2D eigenvalue weighted by molar-refractivity contribution is 8.00. The summed E-state index contributed by atoms with van der Waals surface area (Å²) in [7, 11) is 0. The molecule has 1 atom stereocenters. The van der Waals surface area contributed by atoms with E-state index in [1.807, 2.05) is 25.7 Å². The Morgan fingerprint density at radius 2 is 1.96 bits per heavy atom. The fraction of sp³-hybridized carbons (Fsp3) is 0.550. The number of likely N-dealkylation sites (N-methyl/N-ethyl adjacent to an activating group) is 1. The molecule has 1 aliphatic rings. The third-order valence-corrected chi connectivity index (χ3v) is 6.55. The smallest absolute Gasteiger partial charge is 0.262 e. The number of thioether (sulfide) groups is 1. The van der Waals surface area contributed by atoms with Crippen LogP contribution in [0.1, 0.15) is 33.7 Å². The first-order chi connectivity index (χ1) is 13.3. The van der Waals surface area contributed by atoms with Crippen molar-refractivity contribution in [2.75, 3.05) is 32.7 Å². The van der Waals surface area contributed by atoms with Crippen molar-refractivity contribution in [3.8, 4) is 0 Å². The lowest BCUT2D eigenvalue weighted by Crippen LogP contribution is -3.14. The first-order valence-corrected chi connectivity index (χ1v) is 11.1. The SMILES string of the molecule is CC[NH+]1CCN(C(=O)[C@@H](C)Sc2nc3cc(Cl)ccc3c(=O)n2C(C)C)CC1. The Balaban J connectivity index is 1.87. The lowest BCUT2D eigenvalue weighted by atomic mass is 10.2. The predicted molar refractivity (Wildman–Crippen MR) is 115 cm³/mol. The number of benzene rings is 1. The average Bonchev–Trinajstić information content (AvgIpc) is 2.66. The van der Waals surface area contributed by atoms with Gasteiger partial charge in [-0.3, -0.25) is 14.2 Å². The van der Waals surface area contributed by atoms with Crippen LogP contribution in [-0.2, 0) is 4.79 Å². The molecule has 1 aliphatic heterocycles. The molecule has 152 valence electrons. The summed E-state index contributed by atoms with van der Waals surface area (Å²) in [6.07, 6.45) is 0. The molecule has 1 aromatic heterocycles. The van der Waals surface area contributed by atoms with Gasteiger partial charge >= 0.3 is 0 Å². The fourth-order valence-electron chi connectivity index (χ4n) is 3.55. The van der Waals surface area contributed by atoms with E-state index in [9.17, 15) is 9.59 Å². The summed E-state index contributed by atoms with van der Waals surface area (Å²) in [6.45, 7) is 12.6. The van der Waals surface area contributed by atoms with Crippen LogP contribution >= 0.6 is 23.4 Å². The van der Waals surface area contributed by atoms with Gasteiger partial charge in [0.15, 0.2) is 5.16 Å². The quantitative estimate of drug-likeness (QED) is 0.589. The molecule has 0 bridgehead atoms. The van der Waals surface area contributed by atoms with Gasteiger partial charge in [-0.15, -0.1) is 0 Å². The maximum atomic E-state index is 13.0. The van der Waals surface area contributed by atoms with E-state index in [0.29, 0.717) is 21.1 Å². The lowest BCUT2D eigenvalue weighted by molar-refractivity contribution is -0.902. The Kier molecular flexibility index (Phi) is 6.68. The highest BCUT2D eigenvalue weighted by atomic mass is 35.5. The Morgan fingerprint density at radius 1 is 1.29 bits per heavy atom. The fourth-order valence-corrected chi connectivity index (χ4v) is 4.84. The van der Waals surface area contributed by atoms with Gasteiger partial charge in [0, 0.05) is 11.1 Å². The number of carbonyl (C=O) groups is 1. The molecular formula is C20H28ClN4O2S+. The number of nitrogens with one attached hydrogen (secondary N) is 1. The summed E-state index contributed by atoms with van der Waals surface area (Å²) in [4.78, 5) is 34.1. The Bertz CT molecular complexity index is 922. The Labute approximate surface area is 174 Å². The molecule has 6 nitrogen and oxygen atoms in total. The summed E-state index contributed by atoms with van der Waals surface area (Å²) >= 11 is 7.44. The summed E-state index contributed by atoms with van der Waals surface area (Å²) in [5, 5.41) is 1.34. The maximum Gasteiger partial charge on any atom is 0.262 e. The minimum atomic E-state index is -0.309. The second kappa shape index (κ2) is 8.84. The second-order valence-electron chi connectivity index (χ2n) is 7.51. The normalized spacial score (nSPS) is 16.7. The summed E-state index contributed by atoms with van der Waals surface area (Å²) in [6, 6.07) is 5.06. The van der Waals surface area contributed by atoms with Crippen LogP contribution in [-0.4, -0.2) is 58.3 Å². The van der Waals surface area contributed by atoms with E-state index in [4.69, 9.17) is 11.6 Å². The van der Waals surface area contributed by atoms with E-state index in [1.54, 1.807) is 22.8 Å². The lowest BCUT2D eigenvalue weighted by Gasteiger charge is -2.33. The van der Waals surface area contributed by atoms with Crippen LogP contribution in [0.4, 0.5) is 0 Å². The molecule has 0 spiro atoms. The van der Waals surface area contributed by atoms with E-state index in [2.05, 4.69) is 11.9 Å². The van der Waals surface area contributed by atoms with Gasteiger partial charge in [-0.05, 0) is 45.9 Å². The number of quaternary nitrogens is 1. The molecular weight excluding hydrogens is 396 g/mol. The number of hydrogen-bond acceptors (Lipinski definition) is 4. The first-order valence-electron chi connectivity index (χ1n) is 9.82. The van der Waals surface area contributed by atoms with Crippen LogP contribution in [0, 0.1) is 0 Å². The van der Waals surface area contributed by atoms with E-state index in [1.165, 1.54) is 16.7 Å². The van der Waals surface area contributed by atoms with Crippen molar-refractivity contribution in [2.45, 2.75) is 44.1 Å². The zero-order valence-corrected chi connectivity index (χ0v) is 18.4. The summed E-state index contributed by atoms with van der Waals surface area (Å²) < 4.78 is 1.67. The van der Waals surface area contributed by atoms with Gasteiger partial charge in [0.1, 0.15) is 0 Å². The van der Waals surface area contributed by atoms with Gasteiger partial charge in [-0.25, -0.2) is 4.98 Å². The number of rotatable bonds is 5. The van der Waals surface area contributed by atoms with Crippen molar-refractivity contribution in [3.05, 3.63) is 33.6 Å². The number of nitrogens with zero attached hydrogens (tertiary/aromatic N) is 3. The third kappa shape index (κ3) is 4.36. The molecule has 1 N–H and O–H groups in total. The molecule has 1 amide bonds. The monoisotopic (exact) mass is 423 g/mol. The molecule has 1 saturated heterocycles. The molecule has 2 heterocycles. The van der Waals surface area contributed by atoms with Gasteiger partial charge in [-0.1, -0.05) is 23.4 Å². The van der Waals surface area contributed by atoms with Crippen LogP contribution in [0.5, 0.6) is 0 Å². The number of aromatic nitrogens is 2. The molecule has 0 radical (unpaired) electrons. The van der Waals surface area contributed by atoms with Gasteiger partial charge in [-0.2, -0.15) is 0 Å².